The molecular formula is C21H31BF2N2O3. The van der Waals surface area contributed by atoms with E-state index >= 15 is 0 Å². The maximum Gasteiger partial charge on any atom is 0.494 e. The highest BCUT2D eigenvalue weighted by atomic mass is 19.3. The number of alkyl halides is 2. The number of rotatable bonds is 5. The molecule has 1 amide bonds. The lowest BCUT2D eigenvalue weighted by Gasteiger charge is -2.37. The summed E-state index contributed by atoms with van der Waals surface area (Å²) in [6.45, 7) is 10.7. The number of carbonyl (C=O) groups is 1. The Kier molecular flexibility index (Phi) is 5.98. The average Bonchev–Trinajstić information content (AvgIpc) is 2.90. The van der Waals surface area contributed by atoms with Crippen LogP contribution in [0.15, 0.2) is 24.3 Å². The lowest BCUT2D eigenvalue weighted by Crippen LogP contribution is -2.52. The SMILES string of the molecule is CCCC1(C)OB(c2ccc(N3CCN(C(=O)C(C)(F)F)CC3)cc2)OC1(C)C. The van der Waals surface area contributed by atoms with Gasteiger partial charge >= 0.3 is 13.0 Å². The molecule has 0 saturated carbocycles. The van der Waals surface area contributed by atoms with Crippen LogP contribution < -0.4 is 10.4 Å². The fourth-order valence-corrected chi connectivity index (χ4v) is 4.06. The lowest BCUT2D eigenvalue weighted by atomic mass is 9.79. The number of hydrogen-bond acceptors (Lipinski definition) is 4. The van der Waals surface area contributed by atoms with Crippen molar-refractivity contribution in [3.8, 4) is 0 Å². The van der Waals surface area contributed by atoms with Crippen LogP contribution >= 0.6 is 0 Å². The van der Waals surface area contributed by atoms with E-state index in [9.17, 15) is 13.6 Å². The fourth-order valence-electron chi connectivity index (χ4n) is 4.06. The van der Waals surface area contributed by atoms with E-state index in [0.29, 0.717) is 33.1 Å². The van der Waals surface area contributed by atoms with Crippen LogP contribution in [0.1, 0.15) is 47.5 Å². The van der Waals surface area contributed by atoms with E-state index in [1.54, 1.807) is 0 Å². The Bertz CT molecular complexity index is 730. The minimum absolute atomic E-state index is 0.294. The molecule has 1 unspecified atom stereocenters. The Morgan fingerprint density at radius 3 is 2.21 bits per heavy atom. The first-order valence-corrected chi connectivity index (χ1v) is 10.3. The second kappa shape index (κ2) is 7.87. The predicted octanol–water partition coefficient (Wildman–Crippen LogP) is 3.07. The predicted molar refractivity (Wildman–Crippen MR) is 111 cm³/mol. The molecule has 0 N–H and O–H groups in total. The van der Waals surface area contributed by atoms with E-state index < -0.39 is 18.9 Å². The highest BCUT2D eigenvalue weighted by molar-refractivity contribution is 6.62. The summed E-state index contributed by atoms with van der Waals surface area (Å²) in [5, 5.41) is 0. The summed E-state index contributed by atoms with van der Waals surface area (Å²) in [5.41, 5.74) is 1.24. The van der Waals surface area contributed by atoms with E-state index in [1.165, 1.54) is 4.90 Å². The summed E-state index contributed by atoms with van der Waals surface area (Å²) in [6, 6.07) is 7.98. The third-order valence-electron chi connectivity index (χ3n) is 6.24. The molecule has 1 aromatic rings. The molecule has 2 heterocycles. The molecule has 3 rings (SSSR count). The normalized spacial score (nSPS) is 24.9. The van der Waals surface area contributed by atoms with Gasteiger partial charge in [0.2, 0.25) is 0 Å². The number of benzene rings is 1. The molecule has 2 aliphatic heterocycles. The fraction of sp³-hybridized carbons (Fsp3) is 0.667. The molecule has 0 spiro atoms. The van der Waals surface area contributed by atoms with Crippen molar-refractivity contribution in [3.05, 3.63) is 24.3 Å². The van der Waals surface area contributed by atoms with Crippen LogP contribution in [0, 0.1) is 0 Å². The van der Waals surface area contributed by atoms with Gasteiger partial charge in [0.1, 0.15) is 0 Å². The van der Waals surface area contributed by atoms with E-state index in [1.807, 2.05) is 24.3 Å². The molecule has 5 nitrogen and oxygen atoms in total. The zero-order valence-corrected chi connectivity index (χ0v) is 18.0. The van der Waals surface area contributed by atoms with Crippen molar-refractivity contribution in [2.45, 2.75) is 64.6 Å². The van der Waals surface area contributed by atoms with Gasteiger partial charge in [-0.25, -0.2) is 0 Å². The summed E-state index contributed by atoms with van der Waals surface area (Å²) >= 11 is 0. The second-order valence-electron chi connectivity index (χ2n) is 8.82. The van der Waals surface area contributed by atoms with E-state index in [-0.39, 0.29) is 11.2 Å². The quantitative estimate of drug-likeness (QED) is 0.703. The number of halogens is 2. The molecule has 0 aromatic heterocycles. The van der Waals surface area contributed by atoms with Crippen LogP contribution in [-0.4, -0.2) is 61.2 Å². The van der Waals surface area contributed by atoms with Crippen molar-refractivity contribution in [2.24, 2.45) is 0 Å². The first kappa shape index (κ1) is 22.0. The molecule has 8 heteroatoms. The number of nitrogens with zero attached hydrogens (tertiary/aromatic N) is 2. The van der Waals surface area contributed by atoms with Crippen LogP contribution in [0.2, 0.25) is 0 Å². The van der Waals surface area contributed by atoms with Gasteiger partial charge in [-0.05, 0) is 44.8 Å². The topological polar surface area (TPSA) is 42.0 Å². The Morgan fingerprint density at radius 1 is 1.10 bits per heavy atom. The molecular weight excluding hydrogens is 377 g/mol. The molecule has 2 saturated heterocycles. The Hall–Kier alpha value is -1.67. The standard InChI is InChI=1S/C21H31BF2N2O3/c1-6-11-20(4)19(2,3)28-22(29-20)16-7-9-17(10-8-16)25-12-14-26(15-13-25)18(27)21(5,23)24/h7-10H,6,11-15H2,1-5H3. The van der Waals surface area contributed by atoms with E-state index in [4.69, 9.17) is 9.31 Å². The molecule has 0 radical (unpaired) electrons. The van der Waals surface area contributed by atoms with Gasteiger partial charge < -0.3 is 19.1 Å². The van der Waals surface area contributed by atoms with Gasteiger partial charge in [0, 0.05) is 38.8 Å². The second-order valence-corrected chi connectivity index (χ2v) is 8.82. The van der Waals surface area contributed by atoms with E-state index in [2.05, 4.69) is 32.6 Å². The van der Waals surface area contributed by atoms with Crippen LogP contribution in [0.4, 0.5) is 14.5 Å². The van der Waals surface area contributed by atoms with Gasteiger partial charge in [-0.1, -0.05) is 25.5 Å². The van der Waals surface area contributed by atoms with Gasteiger partial charge in [-0.15, -0.1) is 0 Å². The van der Waals surface area contributed by atoms with Crippen LogP contribution in [0.25, 0.3) is 0 Å². The molecule has 2 fully saturated rings. The van der Waals surface area contributed by atoms with Gasteiger partial charge in [0.25, 0.3) is 5.91 Å². The molecule has 0 bridgehead atoms. The smallest absolute Gasteiger partial charge is 0.399 e. The van der Waals surface area contributed by atoms with Gasteiger partial charge in [0.05, 0.1) is 11.2 Å². The Morgan fingerprint density at radius 2 is 1.69 bits per heavy atom. The number of hydrogen-bond donors (Lipinski definition) is 0. The van der Waals surface area contributed by atoms with Crippen molar-refractivity contribution < 1.29 is 22.9 Å². The molecule has 2 aliphatic rings. The molecule has 0 aliphatic carbocycles. The van der Waals surface area contributed by atoms with Crippen LogP contribution in [0.5, 0.6) is 0 Å². The number of amides is 1. The molecule has 1 atom stereocenters. The monoisotopic (exact) mass is 408 g/mol. The number of anilines is 1. The van der Waals surface area contributed by atoms with Gasteiger partial charge in [-0.3, -0.25) is 4.79 Å². The maximum absolute atomic E-state index is 13.2. The van der Waals surface area contributed by atoms with Gasteiger partial charge in [0.15, 0.2) is 0 Å². The molecule has 1 aromatic carbocycles. The van der Waals surface area contributed by atoms with Gasteiger partial charge in [-0.2, -0.15) is 8.78 Å². The highest BCUT2D eigenvalue weighted by Crippen LogP contribution is 2.40. The van der Waals surface area contributed by atoms with Crippen LogP contribution in [-0.2, 0) is 14.1 Å². The minimum Gasteiger partial charge on any atom is -0.399 e. The van der Waals surface area contributed by atoms with Crippen molar-refractivity contribution in [1.29, 1.82) is 0 Å². The first-order chi connectivity index (χ1) is 13.5. The zero-order chi connectivity index (χ0) is 21.4. The average molecular weight is 408 g/mol. The summed E-state index contributed by atoms with van der Waals surface area (Å²) in [4.78, 5) is 15.1. The largest absolute Gasteiger partial charge is 0.494 e. The Labute approximate surface area is 172 Å². The van der Waals surface area contributed by atoms with E-state index in [0.717, 1.165) is 24.0 Å². The molecule has 160 valence electrons. The first-order valence-electron chi connectivity index (χ1n) is 10.3. The third kappa shape index (κ3) is 4.43. The minimum atomic E-state index is -3.31. The summed E-state index contributed by atoms with van der Waals surface area (Å²) in [7, 11) is -0.406. The highest BCUT2D eigenvalue weighted by Gasteiger charge is 2.53. The zero-order valence-electron chi connectivity index (χ0n) is 18.0. The number of piperazine rings is 1. The summed E-state index contributed by atoms with van der Waals surface area (Å²) < 4.78 is 39.0. The lowest BCUT2D eigenvalue weighted by molar-refractivity contribution is -0.155. The van der Waals surface area contributed by atoms with Crippen molar-refractivity contribution in [2.75, 3.05) is 31.1 Å². The van der Waals surface area contributed by atoms with Crippen LogP contribution in [0.3, 0.4) is 0 Å². The maximum atomic E-state index is 13.2. The summed E-state index contributed by atoms with van der Waals surface area (Å²) in [5.74, 6) is -4.41. The Balaban J connectivity index is 1.63. The van der Waals surface area contributed by atoms with Crippen molar-refractivity contribution >= 4 is 24.2 Å². The van der Waals surface area contributed by atoms with Crippen molar-refractivity contribution in [3.63, 3.8) is 0 Å². The van der Waals surface area contributed by atoms with Crippen molar-refractivity contribution in [1.82, 2.24) is 4.90 Å². The molecule has 29 heavy (non-hydrogen) atoms. The summed E-state index contributed by atoms with van der Waals surface area (Å²) in [6.07, 6.45) is 1.95. The number of carbonyl (C=O) groups excluding carboxylic acids is 1. The third-order valence-corrected chi connectivity index (χ3v) is 6.24.